The highest BCUT2D eigenvalue weighted by Gasteiger charge is 2.39. The molecule has 2 aliphatic heterocycles. The molecule has 0 saturated carbocycles. The highest BCUT2D eigenvalue weighted by Crippen LogP contribution is 2.30. The fourth-order valence-corrected chi connectivity index (χ4v) is 4.69. The van der Waals surface area contributed by atoms with Crippen LogP contribution in [0.3, 0.4) is 0 Å². The Hall–Kier alpha value is -1.39. The number of benzene rings is 1. The van der Waals surface area contributed by atoms with Crippen LogP contribution in [0.1, 0.15) is 31.2 Å². The average Bonchev–Trinajstić information content (AvgIpc) is 3.42. The highest BCUT2D eigenvalue weighted by molar-refractivity contribution is 14.0. The van der Waals surface area contributed by atoms with E-state index >= 15 is 0 Å². The molecule has 3 heterocycles. The van der Waals surface area contributed by atoms with Gasteiger partial charge in [-0.15, -0.1) is 24.0 Å². The van der Waals surface area contributed by atoms with Crippen molar-refractivity contribution in [1.29, 1.82) is 0 Å². The molecule has 6 nitrogen and oxygen atoms in total. The fourth-order valence-electron chi connectivity index (χ4n) is 4.69. The number of ether oxygens (including phenoxy) is 1. The number of hydrogen-bond donors (Lipinski definition) is 3. The molecule has 166 valence electrons. The first-order valence-corrected chi connectivity index (χ1v) is 10.7. The minimum absolute atomic E-state index is 0. The molecule has 2 saturated heterocycles. The van der Waals surface area contributed by atoms with Gasteiger partial charge in [0.1, 0.15) is 5.82 Å². The summed E-state index contributed by atoms with van der Waals surface area (Å²) >= 11 is 0. The SMILES string of the molecule is CN=C(NCCc1c[nH]c2ccc(F)cc12)NCC1(N2CCCC2)CCOCC1.I. The van der Waals surface area contributed by atoms with Crippen molar-refractivity contribution < 1.29 is 9.13 Å². The highest BCUT2D eigenvalue weighted by atomic mass is 127. The Bertz CT molecular complexity index is 843. The van der Waals surface area contributed by atoms with E-state index < -0.39 is 0 Å². The van der Waals surface area contributed by atoms with Crippen LogP contribution in [-0.4, -0.2) is 67.8 Å². The van der Waals surface area contributed by atoms with E-state index in [2.05, 4.69) is 25.5 Å². The molecule has 1 aromatic carbocycles. The topological polar surface area (TPSA) is 64.7 Å². The summed E-state index contributed by atoms with van der Waals surface area (Å²) < 4.78 is 19.2. The normalized spacial score (nSPS) is 19.6. The summed E-state index contributed by atoms with van der Waals surface area (Å²) in [5.74, 6) is 0.619. The lowest BCUT2D eigenvalue weighted by atomic mass is 9.88. The summed E-state index contributed by atoms with van der Waals surface area (Å²) in [6.07, 6.45) is 7.49. The molecule has 8 heteroatoms. The smallest absolute Gasteiger partial charge is 0.191 e. The Balaban J connectivity index is 0.00000256. The first-order valence-electron chi connectivity index (χ1n) is 10.7. The molecule has 0 radical (unpaired) electrons. The van der Waals surface area contributed by atoms with Gasteiger partial charge in [-0.2, -0.15) is 0 Å². The van der Waals surface area contributed by atoms with Crippen LogP contribution in [0.25, 0.3) is 10.9 Å². The monoisotopic (exact) mass is 529 g/mol. The number of aromatic nitrogens is 1. The molecule has 30 heavy (non-hydrogen) atoms. The standard InChI is InChI=1S/C22H32FN5O.HI/c1-24-21(25-9-6-17-15-26-20-5-4-18(23)14-19(17)20)27-16-22(7-12-29-13-8-22)28-10-2-3-11-28;/h4-5,14-15,26H,2-3,6-13,16H2,1H3,(H2,24,25,27);1H. The summed E-state index contributed by atoms with van der Waals surface area (Å²) in [7, 11) is 1.81. The molecule has 2 fully saturated rings. The van der Waals surface area contributed by atoms with E-state index in [1.54, 1.807) is 12.1 Å². The van der Waals surface area contributed by atoms with Gasteiger partial charge in [-0.1, -0.05) is 0 Å². The van der Waals surface area contributed by atoms with Gasteiger partial charge in [-0.3, -0.25) is 9.89 Å². The Morgan fingerprint density at radius 2 is 2.00 bits per heavy atom. The summed E-state index contributed by atoms with van der Waals surface area (Å²) in [4.78, 5) is 10.3. The van der Waals surface area contributed by atoms with Gasteiger partial charge in [-0.05, 0) is 69.0 Å². The molecular weight excluding hydrogens is 496 g/mol. The van der Waals surface area contributed by atoms with E-state index in [1.165, 1.54) is 32.0 Å². The number of hydrogen-bond acceptors (Lipinski definition) is 3. The molecule has 0 unspecified atom stereocenters. The van der Waals surface area contributed by atoms with Crippen molar-refractivity contribution in [2.24, 2.45) is 4.99 Å². The summed E-state index contributed by atoms with van der Waals surface area (Å²) in [5.41, 5.74) is 2.25. The number of rotatable bonds is 6. The number of guanidine groups is 1. The van der Waals surface area contributed by atoms with Gasteiger partial charge < -0.3 is 20.4 Å². The first kappa shape index (κ1) is 23.3. The molecule has 1 aromatic heterocycles. The molecule has 0 atom stereocenters. The molecule has 3 N–H and O–H groups in total. The summed E-state index contributed by atoms with van der Waals surface area (Å²) in [6, 6.07) is 4.87. The average molecular weight is 529 g/mol. The van der Waals surface area contributed by atoms with E-state index in [0.717, 1.165) is 68.0 Å². The summed E-state index contributed by atoms with van der Waals surface area (Å²) in [6.45, 7) is 5.66. The number of likely N-dealkylation sites (tertiary alicyclic amines) is 1. The third-order valence-corrected chi connectivity index (χ3v) is 6.43. The van der Waals surface area contributed by atoms with Crippen LogP contribution in [0.2, 0.25) is 0 Å². The zero-order valence-corrected chi connectivity index (χ0v) is 20.0. The number of aromatic amines is 1. The predicted octanol–water partition coefficient (Wildman–Crippen LogP) is 3.28. The number of fused-ring (bicyclic) bond motifs is 1. The van der Waals surface area contributed by atoms with Crippen LogP contribution in [0.4, 0.5) is 4.39 Å². The van der Waals surface area contributed by atoms with Crippen molar-refractivity contribution in [2.45, 2.75) is 37.6 Å². The van der Waals surface area contributed by atoms with Crippen LogP contribution in [-0.2, 0) is 11.2 Å². The molecule has 0 bridgehead atoms. The Kier molecular flexibility index (Phi) is 8.35. The largest absolute Gasteiger partial charge is 0.381 e. The maximum atomic E-state index is 13.6. The van der Waals surface area contributed by atoms with Crippen molar-refractivity contribution >= 4 is 40.8 Å². The van der Waals surface area contributed by atoms with E-state index in [0.29, 0.717) is 0 Å². The molecule has 4 rings (SSSR count). The van der Waals surface area contributed by atoms with Crippen molar-refractivity contribution in [3.05, 3.63) is 35.8 Å². The minimum atomic E-state index is -0.201. The second kappa shape index (κ2) is 10.8. The number of nitrogens with one attached hydrogen (secondary N) is 3. The third-order valence-electron chi connectivity index (χ3n) is 6.43. The maximum absolute atomic E-state index is 13.6. The van der Waals surface area contributed by atoms with Crippen molar-refractivity contribution in [3.63, 3.8) is 0 Å². The fraction of sp³-hybridized carbons (Fsp3) is 0.591. The molecule has 0 amide bonds. The Morgan fingerprint density at radius 1 is 1.23 bits per heavy atom. The quantitative estimate of drug-likeness (QED) is 0.306. The van der Waals surface area contributed by atoms with E-state index in [4.69, 9.17) is 4.74 Å². The zero-order valence-electron chi connectivity index (χ0n) is 17.7. The third kappa shape index (κ3) is 5.26. The molecule has 2 aliphatic rings. The van der Waals surface area contributed by atoms with Crippen LogP contribution in [0.5, 0.6) is 0 Å². The van der Waals surface area contributed by atoms with E-state index in [1.807, 2.05) is 13.2 Å². The van der Waals surface area contributed by atoms with Gasteiger partial charge in [0.05, 0.1) is 0 Å². The molecular formula is C22H33FIN5O. The number of aliphatic imine (C=N–C) groups is 1. The Labute approximate surface area is 195 Å². The van der Waals surface area contributed by atoms with Gasteiger partial charge in [0.25, 0.3) is 0 Å². The lowest BCUT2D eigenvalue weighted by molar-refractivity contribution is -0.0164. The van der Waals surface area contributed by atoms with E-state index in [9.17, 15) is 4.39 Å². The van der Waals surface area contributed by atoms with Crippen molar-refractivity contribution in [1.82, 2.24) is 20.5 Å². The lowest BCUT2D eigenvalue weighted by Crippen LogP contribution is -2.58. The molecule has 0 aliphatic carbocycles. The zero-order chi connectivity index (χ0) is 20.1. The lowest BCUT2D eigenvalue weighted by Gasteiger charge is -2.45. The van der Waals surface area contributed by atoms with Crippen molar-refractivity contribution in [3.8, 4) is 0 Å². The molecule has 0 spiro atoms. The van der Waals surface area contributed by atoms with Crippen LogP contribution in [0.15, 0.2) is 29.4 Å². The van der Waals surface area contributed by atoms with Gasteiger partial charge in [0, 0.05) is 56.0 Å². The van der Waals surface area contributed by atoms with E-state index in [-0.39, 0.29) is 35.3 Å². The second-order valence-corrected chi connectivity index (χ2v) is 8.14. The van der Waals surface area contributed by atoms with Crippen LogP contribution >= 0.6 is 24.0 Å². The number of H-pyrrole nitrogens is 1. The minimum Gasteiger partial charge on any atom is -0.381 e. The van der Waals surface area contributed by atoms with Gasteiger partial charge >= 0.3 is 0 Å². The number of nitrogens with zero attached hydrogens (tertiary/aromatic N) is 2. The van der Waals surface area contributed by atoms with Crippen LogP contribution < -0.4 is 10.6 Å². The van der Waals surface area contributed by atoms with Gasteiger partial charge in [0.15, 0.2) is 5.96 Å². The maximum Gasteiger partial charge on any atom is 0.191 e. The Morgan fingerprint density at radius 3 is 2.73 bits per heavy atom. The predicted molar refractivity (Wildman–Crippen MR) is 130 cm³/mol. The summed E-state index contributed by atoms with van der Waals surface area (Å²) in [5, 5.41) is 7.92. The van der Waals surface area contributed by atoms with Gasteiger partial charge in [-0.25, -0.2) is 4.39 Å². The van der Waals surface area contributed by atoms with Gasteiger partial charge in [0.2, 0.25) is 0 Å². The second-order valence-electron chi connectivity index (χ2n) is 8.14. The molecule has 2 aromatic rings. The van der Waals surface area contributed by atoms with Crippen molar-refractivity contribution in [2.75, 3.05) is 46.4 Å². The first-order chi connectivity index (χ1) is 14.2. The van der Waals surface area contributed by atoms with Crippen LogP contribution in [0, 0.1) is 5.82 Å². The number of halogens is 2.